The van der Waals surface area contributed by atoms with Gasteiger partial charge in [0.25, 0.3) is 0 Å². The molecule has 0 amide bonds. The number of benzene rings is 1. The van der Waals surface area contributed by atoms with Crippen molar-refractivity contribution in [3.63, 3.8) is 0 Å². The van der Waals surface area contributed by atoms with Crippen LogP contribution >= 0.6 is 46.4 Å². The minimum Gasteiger partial charge on any atom is -0.0836 e. The lowest BCUT2D eigenvalue weighted by Gasteiger charge is -2.14. The van der Waals surface area contributed by atoms with Crippen molar-refractivity contribution >= 4 is 46.4 Å². The van der Waals surface area contributed by atoms with E-state index in [1.54, 1.807) is 0 Å². The minimum atomic E-state index is 0.399. The Morgan fingerprint density at radius 3 is 1.87 bits per heavy atom. The fourth-order valence-electron chi connectivity index (χ4n) is 1.40. The molecule has 0 heterocycles. The topological polar surface area (TPSA) is 0 Å². The third kappa shape index (κ3) is 2.74. The van der Waals surface area contributed by atoms with E-state index in [1.165, 1.54) is 0 Å². The van der Waals surface area contributed by atoms with E-state index in [1.807, 2.05) is 6.92 Å². The fourth-order valence-corrected chi connectivity index (χ4v) is 2.52. The van der Waals surface area contributed by atoms with Crippen LogP contribution in [0.3, 0.4) is 0 Å². The van der Waals surface area contributed by atoms with Crippen molar-refractivity contribution in [1.29, 1.82) is 0 Å². The first-order valence-electron chi connectivity index (χ1n) is 4.67. The number of rotatable bonds is 2. The first-order valence-corrected chi connectivity index (χ1v) is 6.18. The molecule has 0 saturated heterocycles. The maximum Gasteiger partial charge on any atom is 0.0785 e. The van der Waals surface area contributed by atoms with E-state index < -0.39 is 0 Å². The second-order valence-corrected chi connectivity index (χ2v) is 5.47. The molecule has 0 aromatic heterocycles. The first kappa shape index (κ1) is 13.4. The Kier molecular flexibility index (Phi) is 4.61. The largest absolute Gasteiger partial charge is 0.0836 e. The molecule has 0 aliphatic heterocycles. The number of hydrogen-bond donors (Lipinski definition) is 0. The summed E-state index contributed by atoms with van der Waals surface area (Å²) >= 11 is 24.3. The van der Waals surface area contributed by atoms with E-state index >= 15 is 0 Å². The van der Waals surface area contributed by atoms with Crippen LogP contribution in [0.5, 0.6) is 0 Å². The highest BCUT2D eigenvalue weighted by Crippen LogP contribution is 2.41. The number of halogens is 4. The van der Waals surface area contributed by atoms with Gasteiger partial charge in [-0.25, -0.2) is 0 Å². The third-order valence-electron chi connectivity index (χ3n) is 2.19. The maximum absolute atomic E-state index is 6.19. The van der Waals surface area contributed by atoms with Crippen LogP contribution in [0.25, 0.3) is 0 Å². The molecular formula is C11H12Cl4. The van der Waals surface area contributed by atoms with Crippen molar-refractivity contribution in [2.24, 2.45) is 5.92 Å². The molecule has 1 rings (SSSR count). The van der Waals surface area contributed by atoms with Gasteiger partial charge in [-0.3, -0.25) is 0 Å². The third-order valence-corrected chi connectivity index (χ3v) is 4.16. The minimum absolute atomic E-state index is 0.399. The quantitative estimate of drug-likeness (QED) is 0.475. The summed E-state index contributed by atoms with van der Waals surface area (Å²) in [5, 5.41) is 1.95. The molecule has 0 nitrogen and oxygen atoms in total. The van der Waals surface area contributed by atoms with Crippen molar-refractivity contribution in [3.05, 3.63) is 31.2 Å². The standard InChI is InChI=1S/C11H12Cl4/c1-5(2)4-7-8(12)6(3)9(13)11(15)10(7)14/h5H,4H2,1-3H3. The van der Waals surface area contributed by atoms with Gasteiger partial charge in [0.2, 0.25) is 0 Å². The molecule has 1 aromatic rings. The van der Waals surface area contributed by atoms with Gasteiger partial charge in [0.15, 0.2) is 0 Å². The molecule has 1 aromatic carbocycles. The summed E-state index contributed by atoms with van der Waals surface area (Å²) in [6, 6.07) is 0. The average Bonchev–Trinajstić information content (AvgIpc) is 2.18. The van der Waals surface area contributed by atoms with Gasteiger partial charge in [0.1, 0.15) is 0 Å². The summed E-state index contributed by atoms with van der Waals surface area (Å²) in [6.07, 6.45) is 0.801. The van der Waals surface area contributed by atoms with Gasteiger partial charge < -0.3 is 0 Å². The second-order valence-electron chi connectivity index (χ2n) is 3.96. The van der Waals surface area contributed by atoms with Gasteiger partial charge in [-0.2, -0.15) is 0 Å². The van der Waals surface area contributed by atoms with E-state index in [4.69, 9.17) is 46.4 Å². The van der Waals surface area contributed by atoms with Crippen LogP contribution in [-0.4, -0.2) is 0 Å². The molecule has 0 spiro atoms. The smallest absolute Gasteiger partial charge is 0.0785 e. The molecule has 0 N–H and O–H groups in total. The Balaban J connectivity index is 3.39. The fraction of sp³-hybridized carbons (Fsp3) is 0.455. The van der Waals surface area contributed by atoms with Gasteiger partial charge in [0, 0.05) is 5.02 Å². The molecule has 15 heavy (non-hydrogen) atoms. The van der Waals surface area contributed by atoms with E-state index in [0.29, 0.717) is 26.0 Å². The lowest BCUT2D eigenvalue weighted by molar-refractivity contribution is 0.647. The van der Waals surface area contributed by atoms with Crippen LogP contribution in [0, 0.1) is 12.8 Å². The van der Waals surface area contributed by atoms with Crippen molar-refractivity contribution in [2.45, 2.75) is 27.2 Å². The zero-order valence-electron chi connectivity index (χ0n) is 8.80. The van der Waals surface area contributed by atoms with E-state index in [0.717, 1.165) is 17.5 Å². The highest BCUT2D eigenvalue weighted by molar-refractivity contribution is 6.50. The Hall–Kier alpha value is 0.380. The zero-order valence-corrected chi connectivity index (χ0v) is 11.8. The maximum atomic E-state index is 6.19. The molecule has 0 radical (unpaired) electrons. The molecule has 0 fully saturated rings. The van der Waals surface area contributed by atoms with Crippen LogP contribution in [0.2, 0.25) is 20.1 Å². The van der Waals surface area contributed by atoms with Gasteiger partial charge in [-0.1, -0.05) is 60.3 Å². The Labute approximate surface area is 110 Å². The predicted octanol–water partition coefficient (Wildman–Crippen LogP) is 5.81. The molecule has 0 aliphatic carbocycles. The van der Waals surface area contributed by atoms with Crippen molar-refractivity contribution < 1.29 is 0 Å². The lowest BCUT2D eigenvalue weighted by Crippen LogP contribution is -1.99. The molecule has 0 aliphatic rings. The van der Waals surface area contributed by atoms with E-state index in [2.05, 4.69) is 13.8 Å². The molecule has 0 atom stereocenters. The monoisotopic (exact) mass is 284 g/mol. The van der Waals surface area contributed by atoms with Gasteiger partial charge >= 0.3 is 0 Å². The van der Waals surface area contributed by atoms with Gasteiger partial charge in [-0.05, 0) is 30.4 Å². The summed E-state index contributed by atoms with van der Waals surface area (Å²) in [5.41, 5.74) is 1.68. The summed E-state index contributed by atoms with van der Waals surface area (Å²) in [7, 11) is 0. The average molecular weight is 286 g/mol. The Morgan fingerprint density at radius 1 is 0.867 bits per heavy atom. The van der Waals surface area contributed by atoms with Gasteiger partial charge in [0.05, 0.1) is 15.1 Å². The number of hydrogen-bond acceptors (Lipinski definition) is 0. The molecule has 84 valence electrons. The normalized spacial score (nSPS) is 11.2. The molecule has 4 heteroatoms. The highest BCUT2D eigenvalue weighted by atomic mass is 35.5. The zero-order chi connectivity index (χ0) is 11.7. The second kappa shape index (κ2) is 5.14. The summed E-state index contributed by atoms with van der Waals surface area (Å²) in [4.78, 5) is 0. The first-order chi connectivity index (χ1) is 6.86. The van der Waals surface area contributed by atoms with Gasteiger partial charge in [-0.15, -0.1) is 0 Å². The molecule has 0 unspecified atom stereocenters. The Morgan fingerprint density at radius 2 is 1.40 bits per heavy atom. The van der Waals surface area contributed by atoms with Crippen molar-refractivity contribution in [2.75, 3.05) is 0 Å². The van der Waals surface area contributed by atoms with E-state index in [9.17, 15) is 0 Å². The van der Waals surface area contributed by atoms with Crippen LogP contribution in [-0.2, 0) is 6.42 Å². The Bertz CT molecular complexity index is 354. The van der Waals surface area contributed by atoms with E-state index in [-0.39, 0.29) is 0 Å². The van der Waals surface area contributed by atoms with Crippen LogP contribution < -0.4 is 0 Å². The molecular weight excluding hydrogens is 274 g/mol. The van der Waals surface area contributed by atoms with Crippen molar-refractivity contribution in [3.8, 4) is 0 Å². The molecule has 0 saturated carbocycles. The summed E-state index contributed by atoms with van der Waals surface area (Å²) in [6.45, 7) is 6.05. The lowest BCUT2D eigenvalue weighted by atomic mass is 10.0. The van der Waals surface area contributed by atoms with Crippen LogP contribution in [0.15, 0.2) is 0 Å². The highest BCUT2D eigenvalue weighted by Gasteiger charge is 2.18. The summed E-state index contributed by atoms with van der Waals surface area (Å²) < 4.78 is 0. The van der Waals surface area contributed by atoms with Crippen molar-refractivity contribution in [1.82, 2.24) is 0 Å². The van der Waals surface area contributed by atoms with Crippen LogP contribution in [0.1, 0.15) is 25.0 Å². The molecule has 0 bridgehead atoms. The SMILES string of the molecule is Cc1c(Cl)c(Cl)c(Cl)c(CC(C)C)c1Cl. The van der Waals surface area contributed by atoms with Crippen LogP contribution in [0.4, 0.5) is 0 Å². The summed E-state index contributed by atoms with van der Waals surface area (Å²) in [5.74, 6) is 0.469. The predicted molar refractivity (Wildman–Crippen MR) is 69.8 cm³/mol.